The number of carboxylic acid groups (broad SMARTS) is 1. The van der Waals surface area contributed by atoms with Gasteiger partial charge in [0, 0.05) is 14.5 Å². The van der Waals surface area contributed by atoms with Gasteiger partial charge in [-0.2, -0.15) is 0 Å². The molecule has 1 rings (SSSR count). The Morgan fingerprint density at radius 2 is 2.07 bits per heavy atom. The second-order valence-electron chi connectivity index (χ2n) is 2.64. The Kier molecular flexibility index (Phi) is 4.06. The number of rotatable bonds is 3. The number of carbonyl (C=O) groups excluding carboxylic acids is 1. The molecule has 74 valence electrons. The smallest absolute Gasteiger partial charge is 0.372 e. The van der Waals surface area contributed by atoms with E-state index in [0.29, 0.717) is 0 Å². The molecule has 0 radical (unpaired) electrons. The van der Waals surface area contributed by atoms with E-state index in [-0.39, 0.29) is 6.42 Å². The molecule has 0 aliphatic carbocycles. The third-order valence-corrected chi connectivity index (χ3v) is 3.14. The minimum Gasteiger partial charge on any atom is -0.475 e. The Hall–Kier alpha value is -0.430. The molecule has 3 nitrogen and oxygen atoms in total. The topological polar surface area (TPSA) is 54.4 Å². The predicted molar refractivity (Wildman–Crippen MR) is 63.2 cm³/mol. The van der Waals surface area contributed by atoms with Gasteiger partial charge in [-0.05, 0) is 46.4 Å². The van der Waals surface area contributed by atoms with Crippen molar-refractivity contribution < 1.29 is 14.7 Å². The van der Waals surface area contributed by atoms with Crippen LogP contribution in [-0.2, 0) is 16.0 Å². The largest absolute Gasteiger partial charge is 0.475 e. The van der Waals surface area contributed by atoms with Gasteiger partial charge in [-0.3, -0.25) is 4.79 Å². The average Bonchev–Trinajstić information content (AvgIpc) is 2.11. The second-order valence-corrected chi connectivity index (χ2v) is 4.72. The van der Waals surface area contributed by atoms with Crippen LogP contribution in [-0.4, -0.2) is 16.9 Å². The summed E-state index contributed by atoms with van der Waals surface area (Å²) in [7, 11) is 0. The van der Waals surface area contributed by atoms with Crippen molar-refractivity contribution >= 4 is 50.3 Å². The second kappa shape index (κ2) is 4.88. The molecule has 0 aromatic heterocycles. The van der Waals surface area contributed by atoms with E-state index in [4.69, 9.17) is 5.11 Å². The van der Waals surface area contributed by atoms with Gasteiger partial charge < -0.3 is 5.11 Å². The van der Waals surface area contributed by atoms with E-state index in [0.717, 1.165) is 13.6 Å². The molecular formula is C9H6BrIO3. The first kappa shape index (κ1) is 11.6. The predicted octanol–water partition coefficient (Wildman–Crippen LogP) is 2.25. The summed E-state index contributed by atoms with van der Waals surface area (Å²) in [5, 5.41) is 8.44. The molecule has 0 saturated carbocycles. The van der Waals surface area contributed by atoms with Gasteiger partial charge >= 0.3 is 5.97 Å². The van der Waals surface area contributed by atoms with Crippen molar-refractivity contribution in [3.8, 4) is 0 Å². The SMILES string of the molecule is O=C(O)C(=O)Cc1cc(Br)ccc1I. The highest BCUT2D eigenvalue weighted by Gasteiger charge is 2.13. The van der Waals surface area contributed by atoms with Gasteiger partial charge in [0.15, 0.2) is 0 Å². The van der Waals surface area contributed by atoms with Crippen LogP contribution in [0.15, 0.2) is 22.7 Å². The molecule has 0 atom stereocenters. The van der Waals surface area contributed by atoms with Gasteiger partial charge in [0.25, 0.3) is 0 Å². The molecule has 0 amide bonds. The van der Waals surface area contributed by atoms with E-state index in [2.05, 4.69) is 38.5 Å². The summed E-state index contributed by atoms with van der Waals surface area (Å²) in [5.74, 6) is -2.18. The Labute approximate surface area is 103 Å². The first-order valence-electron chi connectivity index (χ1n) is 3.70. The molecule has 0 spiro atoms. The number of benzene rings is 1. The van der Waals surface area contributed by atoms with Gasteiger partial charge in [-0.25, -0.2) is 4.79 Å². The number of hydrogen-bond donors (Lipinski definition) is 1. The highest BCUT2D eigenvalue weighted by Crippen LogP contribution is 2.18. The monoisotopic (exact) mass is 368 g/mol. The van der Waals surface area contributed by atoms with E-state index >= 15 is 0 Å². The van der Waals surface area contributed by atoms with E-state index < -0.39 is 11.8 Å². The highest BCUT2D eigenvalue weighted by molar-refractivity contribution is 14.1. The summed E-state index contributed by atoms with van der Waals surface area (Å²) in [4.78, 5) is 21.3. The van der Waals surface area contributed by atoms with Crippen molar-refractivity contribution in [2.45, 2.75) is 6.42 Å². The molecular weight excluding hydrogens is 363 g/mol. The molecule has 0 fully saturated rings. The molecule has 0 bridgehead atoms. The van der Waals surface area contributed by atoms with Crippen molar-refractivity contribution in [2.75, 3.05) is 0 Å². The summed E-state index contributed by atoms with van der Waals surface area (Å²) < 4.78 is 1.73. The van der Waals surface area contributed by atoms with Crippen LogP contribution in [0, 0.1) is 3.57 Å². The van der Waals surface area contributed by atoms with Gasteiger partial charge in [0.1, 0.15) is 0 Å². The molecule has 5 heteroatoms. The van der Waals surface area contributed by atoms with Crippen LogP contribution < -0.4 is 0 Å². The van der Waals surface area contributed by atoms with E-state index in [9.17, 15) is 9.59 Å². The molecule has 0 aliphatic rings. The molecule has 1 aromatic carbocycles. The fourth-order valence-electron chi connectivity index (χ4n) is 0.927. The van der Waals surface area contributed by atoms with Crippen molar-refractivity contribution in [1.29, 1.82) is 0 Å². The Morgan fingerprint density at radius 3 is 2.64 bits per heavy atom. The number of hydrogen-bond acceptors (Lipinski definition) is 2. The van der Waals surface area contributed by atoms with Crippen molar-refractivity contribution in [2.24, 2.45) is 0 Å². The molecule has 0 heterocycles. The third kappa shape index (κ3) is 3.06. The average molecular weight is 369 g/mol. The van der Waals surface area contributed by atoms with Gasteiger partial charge in [-0.15, -0.1) is 0 Å². The summed E-state index contributed by atoms with van der Waals surface area (Å²) in [6, 6.07) is 5.42. The standard InChI is InChI=1S/C9H6BrIO3/c10-6-1-2-7(11)5(3-6)4-8(12)9(13)14/h1-3H,4H2,(H,13,14). The van der Waals surface area contributed by atoms with Crippen LogP contribution in [0.1, 0.15) is 5.56 Å². The molecule has 0 unspecified atom stereocenters. The van der Waals surface area contributed by atoms with Gasteiger partial charge in [0.2, 0.25) is 5.78 Å². The van der Waals surface area contributed by atoms with Crippen LogP contribution in [0.2, 0.25) is 0 Å². The number of aliphatic carboxylic acids is 1. The minimum absolute atomic E-state index is 0.0625. The summed E-state index contributed by atoms with van der Waals surface area (Å²) in [6.07, 6.45) is -0.0625. The lowest BCUT2D eigenvalue weighted by molar-refractivity contribution is -0.148. The summed E-state index contributed by atoms with van der Waals surface area (Å²) >= 11 is 5.33. The van der Waals surface area contributed by atoms with E-state index in [1.165, 1.54) is 0 Å². The molecule has 0 saturated heterocycles. The first-order chi connectivity index (χ1) is 6.50. The maximum atomic E-state index is 11.0. The molecule has 14 heavy (non-hydrogen) atoms. The zero-order valence-corrected chi connectivity index (χ0v) is 10.7. The molecule has 0 aliphatic heterocycles. The minimum atomic E-state index is -1.39. The maximum Gasteiger partial charge on any atom is 0.372 e. The lowest BCUT2D eigenvalue weighted by atomic mass is 10.1. The van der Waals surface area contributed by atoms with Crippen LogP contribution >= 0.6 is 38.5 Å². The number of halogens is 2. The fraction of sp³-hybridized carbons (Fsp3) is 0.111. The zero-order valence-electron chi connectivity index (χ0n) is 6.96. The van der Waals surface area contributed by atoms with E-state index in [1.807, 2.05) is 12.1 Å². The van der Waals surface area contributed by atoms with Crippen molar-refractivity contribution in [1.82, 2.24) is 0 Å². The fourth-order valence-corrected chi connectivity index (χ4v) is 1.86. The number of carbonyl (C=O) groups is 2. The zero-order chi connectivity index (χ0) is 10.7. The van der Waals surface area contributed by atoms with E-state index in [1.54, 1.807) is 6.07 Å². The lowest BCUT2D eigenvalue weighted by Crippen LogP contribution is -2.15. The first-order valence-corrected chi connectivity index (χ1v) is 5.58. The maximum absolute atomic E-state index is 11.0. The van der Waals surface area contributed by atoms with Gasteiger partial charge in [0.05, 0.1) is 0 Å². The van der Waals surface area contributed by atoms with Gasteiger partial charge in [-0.1, -0.05) is 15.9 Å². The van der Waals surface area contributed by atoms with Crippen LogP contribution in [0.4, 0.5) is 0 Å². The lowest BCUT2D eigenvalue weighted by Gasteiger charge is -2.02. The van der Waals surface area contributed by atoms with Crippen LogP contribution in [0.5, 0.6) is 0 Å². The summed E-state index contributed by atoms with van der Waals surface area (Å²) in [6.45, 7) is 0. The van der Waals surface area contributed by atoms with Crippen molar-refractivity contribution in [3.63, 3.8) is 0 Å². The molecule has 1 aromatic rings. The highest BCUT2D eigenvalue weighted by atomic mass is 127. The van der Waals surface area contributed by atoms with Crippen LogP contribution in [0.25, 0.3) is 0 Å². The number of Topliss-reactive ketones (excluding diaryl/α,β-unsaturated/α-hetero) is 1. The van der Waals surface area contributed by atoms with Crippen LogP contribution in [0.3, 0.4) is 0 Å². The molecule has 1 N–H and O–H groups in total. The normalized spacial score (nSPS) is 9.86. The Balaban J connectivity index is 2.91. The Morgan fingerprint density at radius 1 is 1.43 bits per heavy atom. The summed E-state index contributed by atoms with van der Waals surface area (Å²) in [5.41, 5.74) is 0.729. The number of carboxylic acids is 1. The quantitative estimate of drug-likeness (QED) is 0.657. The Bertz CT molecular complexity index is 390. The number of ketones is 1. The third-order valence-electron chi connectivity index (χ3n) is 1.60. The van der Waals surface area contributed by atoms with Crippen molar-refractivity contribution in [3.05, 3.63) is 31.8 Å².